The van der Waals surface area contributed by atoms with E-state index in [-0.39, 0.29) is 6.42 Å². The van der Waals surface area contributed by atoms with Crippen molar-refractivity contribution in [3.63, 3.8) is 0 Å². The number of aliphatic carboxylic acids is 1. The van der Waals surface area contributed by atoms with Crippen molar-refractivity contribution < 1.29 is 9.90 Å². The van der Waals surface area contributed by atoms with E-state index in [1.54, 1.807) is 6.07 Å². The summed E-state index contributed by atoms with van der Waals surface area (Å²) < 4.78 is 0. The van der Waals surface area contributed by atoms with Crippen molar-refractivity contribution in [1.82, 2.24) is 0 Å². The van der Waals surface area contributed by atoms with Crippen LogP contribution in [0.3, 0.4) is 0 Å². The average Bonchev–Trinajstić information content (AvgIpc) is 2.47. The molecule has 5 nitrogen and oxygen atoms in total. The smallest absolute Gasteiger partial charge is 0.303 e. The lowest BCUT2D eigenvalue weighted by molar-refractivity contribution is -0.137. The standard InChI is InChI=1S/C16H21N3O2/c17-11-13-10-14(18)4-5-15(13)19-8-6-12(7-9-19)2-1-3-16(20)21/h4-5,10,12H,1-3,6-9,18H2,(H,20,21). The molecule has 3 N–H and O–H groups in total. The summed E-state index contributed by atoms with van der Waals surface area (Å²) in [7, 11) is 0. The Hall–Kier alpha value is -2.22. The van der Waals surface area contributed by atoms with Crippen LogP contribution in [0.4, 0.5) is 11.4 Å². The Morgan fingerprint density at radius 3 is 2.76 bits per heavy atom. The average molecular weight is 287 g/mol. The molecular formula is C16H21N3O2. The first-order valence-corrected chi connectivity index (χ1v) is 7.36. The van der Waals surface area contributed by atoms with Gasteiger partial charge in [0.15, 0.2) is 0 Å². The maximum atomic E-state index is 10.5. The molecule has 0 aromatic heterocycles. The zero-order chi connectivity index (χ0) is 15.2. The lowest BCUT2D eigenvalue weighted by Gasteiger charge is -2.34. The predicted octanol–water partition coefficient (Wildman–Crippen LogP) is 2.61. The monoisotopic (exact) mass is 287 g/mol. The molecule has 5 heteroatoms. The summed E-state index contributed by atoms with van der Waals surface area (Å²) >= 11 is 0. The minimum absolute atomic E-state index is 0.261. The van der Waals surface area contributed by atoms with Crippen LogP contribution >= 0.6 is 0 Å². The Kier molecular flexibility index (Phi) is 5.04. The van der Waals surface area contributed by atoms with E-state index in [0.717, 1.165) is 44.5 Å². The van der Waals surface area contributed by atoms with Gasteiger partial charge in [-0.3, -0.25) is 4.79 Å². The summed E-state index contributed by atoms with van der Waals surface area (Å²) in [5.74, 6) is -0.118. The van der Waals surface area contributed by atoms with Crippen molar-refractivity contribution >= 4 is 17.3 Å². The van der Waals surface area contributed by atoms with Gasteiger partial charge in [-0.2, -0.15) is 5.26 Å². The van der Waals surface area contributed by atoms with Gasteiger partial charge in [-0.1, -0.05) is 0 Å². The molecule has 0 aliphatic carbocycles. The highest BCUT2D eigenvalue weighted by Gasteiger charge is 2.21. The SMILES string of the molecule is N#Cc1cc(N)ccc1N1CCC(CCCC(=O)O)CC1. The van der Waals surface area contributed by atoms with E-state index in [9.17, 15) is 10.1 Å². The van der Waals surface area contributed by atoms with Crippen molar-refractivity contribution in [1.29, 1.82) is 5.26 Å². The number of carboxylic acids is 1. The molecule has 1 aromatic rings. The second-order valence-electron chi connectivity index (χ2n) is 5.60. The van der Waals surface area contributed by atoms with Crippen LogP contribution in [0.1, 0.15) is 37.7 Å². The van der Waals surface area contributed by atoms with E-state index in [0.29, 0.717) is 17.2 Å². The van der Waals surface area contributed by atoms with Crippen LogP contribution in [0.2, 0.25) is 0 Å². The third kappa shape index (κ3) is 4.12. The van der Waals surface area contributed by atoms with Crippen molar-refractivity contribution in [3.05, 3.63) is 23.8 Å². The number of rotatable bonds is 5. The van der Waals surface area contributed by atoms with Gasteiger partial charge < -0.3 is 15.7 Å². The van der Waals surface area contributed by atoms with Gasteiger partial charge in [-0.25, -0.2) is 0 Å². The Morgan fingerprint density at radius 2 is 2.14 bits per heavy atom. The normalized spacial score (nSPS) is 15.7. The number of piperidine rings is 1. The summed E-state index contributed by atoms with van der Waals surface area (Å²) in [6.07, 6.45) is 4.10. The molecule has 0 spiro atoms. The van der Waals surface area contributed by atoms with E-state index in [2.05, 4.69) is 11.0 Å². The molecule has 1 aliphatic heterocycles. The van der Waals surface area contributed by atoms with Gasteiger partial charge in [0, 0.05) is 25.2 Å². The zero-order valence-electron chi connectivity index (χ0n) is 12.1. The van der Waals surface area contributed by atoms with Crippen LogP contribution in [0.25, 0.3) is 0 Å². The van der Waals surface area contributed by atoms with Gasteiger partial charge in [0.05, 0.1) is 11.3 Å². The highest BCUT2D eigenvalue weighted by Crippen LogP contribution is 2.29. The van der Waals surface area contributed by atoms with Crippen molar-refractivity contribution in [2.45, 2.75) is 32.1 Å². The third-order valence-electron chi connectivity index (χ3n) is 4.10. The molecule has 2 rings (SSSR count). The molecule has 0 unspecified atom stereocenters. The second kappa shape index (κ2) is 6.98. The van der Waals surface area contributed by atoms with Gasteiger partial charge >= 0.3 is 5.97 Å². The van der Waals surface area contributed by atoms with Crippen molar-refractivity contribution in [2.75, 3.05) is 23.7 Å². The van der Waals surface area contributed by atoms with E-state index >= 15 is 0 Å². The highest BCUT2D eigenvalue weighted by atomic mass is 16.4. The predicted molar refractivity (Wildman–Crippen MR) is 82.0 cm³/mol. The molecule has 0 saturated carbocycles. The van der Waals surface area contributed by atoms with Gasteiger partial charge in [0.2, 0.25) is 0 Å². The Morgan fingerprint density at radius 1 is 1.43 bits per heavy atom. The van der Waals surface area contributed by atoms with E-state index in [1.807, 2.05) is 12.1 Å². The first-order chi connectivity index (χ1) is 10.1. The van der Waals surface area contributed by atoms with E-state index in [4.69, 9.17) is 10.8 Å². The molecule has 0 atom stereocenters. The molecule has 1 aromatic carbocycles. The lowest BCUT2D eigenvalue weighted by Crippen LogP contribution is -2.34. The molecule has 0 amide bonds. The fraction of sp³-hybridized carbons (Fsp3) is 0.500. The van der Waals surface area contributed by atoms with Crippen molar-refractivity contribution in [2.24, 2.45) is 5.92 Å². The lowest BCUT2D eigenvalue weighted by atomic mass is 9.91. The van der Waals surface area contributed by atoms with Crippen LogP contribution in [0.5, 0.6) is 0 Å². The van der Waals surface area contributed by atoms with Gasteiger partial charge in [0.1, 0.15) is 6.07 Å². The molecule has 1 saturated heterocycles. The zero-order valence-corrected chi connectivity index (χ0v) is 12.1. The first kappa shape index (κ1) is 15.2. The fourth-order valence-corrected chi connectivity index (χ4v) is 2.92. The molecule has 1 fully saturated rings. The number of nitrogens with two attached hydrogens (primary N) is 1. The number of carbonyl (C=O) groups is 1. The van der Waals surface area contributed by atoms with E-state index in [1.165, 1.54) is 0 Å². The Balaban J connectivity index is 1.89. The minimum Gasteiger partial charge on any atom is -0.481 e. The largest absolute Gasteiger partial charge is 0.481 e. The number of nitrogens with zero attached hydrogens (tertiary/aromatic N) is 2. The van der Waals surface area contributed by atoms with Crippen LogP contribution in [0.15, 0.2) is 18.2 Å². The number of hydrogen-bond acceptors (Lipinski definition) is 4. The van der Waals surface area contributed by atoms with Crippen LogP contribution in [0, 0.1) is 17.2 Å². The van der Waals surface area contributed by atoms with Crippen LogP contribution < -0.4 is 10.6 Å². The quantitative estimate of drug-likeness (QED) is 0.812. The van der Waals surface area contributed by atoms with Gasteiger partial charge in [-0.15, -0.1) is 0 Å². The molecule has 1 aliphatic rings. The third-order valence-corrected chi connectivity index (χ3v) is 4.10. The highest BCUT2D eigenvalue weighted by molar-refractivity contribution is 5.66. The van der Waals surface area contributed by atoms with Gasteiger partial charge in [0.25, 0.3) is 0 Å². The number of nitrogen functional groups attached to an aromatic ring is 1. The summed E-state index contributed by atoms with van der Waals surface area (Å²) in [5, 5.41) is 17.9. The number of benzene rings is 1. The van der Waals surface area contributed by atoms with Gasteiger partial charge in [-0.05, 0) is 49.8 Å². The fourth-order valence-electron chi connectivity index (χ4n) is 2.92. The molecule has 0 bridgehead atoms. The summed E-state index contributed by atoms with van der Waals surface area (Å²) in [6, 6.07) is 7.67. The molecule has 112 valence electrons. The van der Waals surface area contributed by atoms with E-state index < -0.39 is 5.97 Å². The minimum atomic E-state index is -0.715. The molecule has 21 heavy (non-hydrogen) atoms. The first-order valence-electron chi connectivity index (χ1n) is 7.36. The Bertz CT molecular complexity index is 543. The number of hydrogen-bond donors (Lipinski definition) is 2. The van der Waals surface area contributed by atoms with Crippen LogP contribution in [-0.4, -0.2) is 24.2 Å². The topological polar surface area (TPSA) is 90.4 Å². The summed E-state index contributed by atoms with van der Waals surface area (Å²) in [5.41, 5.74) is 7.91. The summed E-state index contributed by atoms with van der Waals surface area (Å²) in [6.45, 7) is 1.83. The maximum Gasteiger partial charge on any atom is 0.303 e. The second-order valence-corrected chi connectivity index (χ2v) is 5.60. The molecule has 1 heterocycles. The number of carboxylic acid groups (broad SMARTS) is 1. The molecule has 0 radical (unpaired) electrons. The maximum absolute atomic E-state index is 10.5. The van der Waals surface area contributed by atoms with Crippen molar-refractivity contribution in [3.8, 4) is 6.07 Å². The summed E-state index contributed by atoms with van der Waals surface area (Å²) in [4.78, 5) is 12.8. The number of anilines is 2. The molecular weight excluding hydrogens is 266 g/mol. The van der Waals surface area contributed by atoms with Crippen LogP contribution in [-0.2, 0) is 4.79 Å². The number of nitriles is 1. The Labute approximate surface area is 125 Å².